The predicted octanol–water partition coefficient (Wildman–Crippen LogP) is 3.67. The van der Waals surface area contributed by atoms with Crippen molar-refractivity contribution in [2.24, 2.45) is 0 Å². The molecular formula is C22H30N6O2S. The van der Waals surface area contributed by atoms with E-state index in [1.54, 1.807) is 4.57 Å². The lowest BCUT2D eigenvalue weighted by molar-refractivity contribution is -0.130. The second-order valence-electron chi connectivity index (χ2n) is 7.08. The fraction of sp³-hybridized carbons (Fsp3) is 0.455. The van der Waals surface area contributed by atoms with E-state index < -0.39 is 0 Å². The van der Waals surface area contributed by atoms with Gasteiger partial charge in [-0.25, -0.2) is 4.98 Å². The number of rotatable bonds is 9. The number of amides is 1. The van der Waals surface area contributed by atoms with E-state index in [0.29, 0.717) is 42.3 Å². The Kier molecular flexibility index (Phi) is 7.37. The van der Waals surface area contributed by atoms with E-state index in [1.165, 1.54) is 11.8 Å². The van der Waals surface area contributed by atoms with Gasteiger partial charge in [-0.15, -0.1) is 0 Å². The zero-order chi connectivity index (χ0) is 22.5. The first-order chi connectivity index (χ1) is 14.9. The molecule has 2 heterocycles. The smallest absolute Gasteiger partial charge is 0.236 e. The number of hydrogen-bond acceptors (Lipinski definition) is 6. The van der Waals surface area contributed by atoms with Crippen LogP contribution in [-0.2, 0) is 4.79 Å². The number of hydrogen-bond donors (Lipinski definition) is 2. The lowest BCUT2D eigenvalue weighted by Crippen LogP contribution is -2.37. The Morgan fingerprint density at radius 2 is 1.90 bits per heavy atom. The molecule has 0 saturated carbocycles. The van der Waals surface area contributed by atoms with Gasteiger partial charge in [0.05, 0.1) is 17.2 Å². The summed E-state index contributed by atoms with van der Waals surface area (Å²) >= 11 is 1.39. The monoisotopic (exact) mass is 442 g/mol. The number of nitrogens with one attached hydrogen (secondary N) is 2. The number of H-pyrrole nitrogens is 1. The number of carbonyl (C=O) groups is 1. The number of carbonyl (C=O) groups excluding carboxylic acids is 1. The third-order valence-corrected chi connectivity index (χ3v) is 6.46. The summed E-state index contributed by atoms with van der Waals surface area (Å²) in [5.74, 6) is 0.853. The molecule has 0 bridgehead atoms. The minimum absolute atomic E-state index is 0.0855. The number of fused-ring (bicyclic) bond motifs is 1. The standard InChI is InChI=1S/C22H30N6O2S/c1-6-17(21(29)27(7-2)8-3)31-22-24-20-18(14(5)25-26-20)19(23)28(22)15-10-12-16(13-11-15)30-9-4/h10-13,17,23H,6-9H2,1-5H3,(H,25,26). The van der Waals surface area contributed by atoms with E-state index in [1.807, 2.05) is 63.8 Å². The Hall–Kier alpha value is -2.81. The number of aryl methyl sites for hydroxylation is 1. The van der Waals surface area contributed by atoms with Crippen LogP contribution in [0.15, 0.2) is 29.4 Å². The van der Waals surface area contributed by atoms with E-state index in [9.17, 15) is 4.79 Å². The molecule has 8 nitrogen and oxygen atoms in total. The summed E-state index contributed by atoms with van der Waals surface area (Å²) in [6.07, 6.45) is 0.663. The summed E-state index contributed by atoms with van der Waals surface area (Å²) in [7, 11) is 0. The highest BCUT2D eigenvalue weighted by atomic mass is 32.2. The molecule has 0 fully saturated rings. The normalized spacial score (nSPS) is 12.2. The number of nitrogens with zero attached hydrogens (tertiary/aromatic N) is 4. The molecule has 1 unspecified atom stereocenters. The summed E-state index contributed by atoms with van der Waals surface area (Å²) in [6, 6.07) is 7.57. The first-order valence-corrected chi connectivity index (χ1v) is 11.5. The van der Waals surface area contributed by atoms with Crippen molar-refractivity contribution in [1.82, 2.24) is 24.6 Å². The van der Waals surface area contributed by atoms with Crippen LogP contribution in [0, 0.1) is 12.3 Å². The Bertz CT molecular complexity index is 1100. The molecule has 2 N–H and O–H groups in total. The zero-order valence-electron chi connectivity index (χ0n) is 18.7. The van der Waals surface area contributed by atoms with Crippen LogP contribution in [-0.4, -0.2) is 55.5 Å². The lowest BCUT2D eigenvalue weighted by atomic mass is 10.2. The highest BCUT2D eigenvalue weighted by Crippen LogP contribution is 2.28. The second-order valence-corrected chi connectivity index (χ2v) is 8.25. The van der Waals surface area contributed by atoms with Crippen LogP contribution in [0.1, 0.15) is 39.8 Å². The van der Waals surface area contributed by atoms with Crippen molar-refractivity contribution in [3.05, 3.63) is 35.4 Å². The summed E-state index contributed by atoms with van der Waals surface area (Å²) in [5.41, 5.74) is 2.34. The highest BCUT2D eigenvalue weighted by molar-refractivity contribution is 8.00. The number of benzene rings is 1. The van der Waals surface area contributed by atoms with Crippen molar-refractivity contribution in [3.63, 3.8) is 0 Å². The molecule has 3 aromatic rings. The Morgan fingerprint density at radius 3 is 2.48 bits per heavy atom. The number of aromatic amines is 1. The summed E-state index contributed by atoms with van der Waals surface area (Å²) < 4.78 is 7.34. The molecule has 2 aromatic heterocycles. The first-order valence-electron chi connectivity index (χ1n) is 10.7. The molecule has 9 heteroatoms. The lowest BCUT2D eigenvalue weighted by Gasteiger charge is -2.24. The Balaban J connectivity index is 2.12. The fourth-order valence-corrected chi connectivity index (χ4v) is 4.59. The maximum absolute atomic E-state index is 13.0. The average Bonchev–Trinajstić information content (AvgIpc) is 3.14. The van der Waals surface area contributed by atoms with Gasteiger partial charge in [0.1, 0.15) is 11.2 Å². The van der Waals surface area contributed by atoms with E-state index >= 15 is 0 Å². The van der Waals surface area contributed by atoms with E-state index in [-0.39, 0.29) is 16.6 Å². The van der Waals surface area contributed by atoms with Crippen molar-refractivity contribution in [2.75, 3.05) is 19.7 Å². The van der Waals surface area contributed by atoms with Crippen LogP contribution in [0.2, 0.25) is 0 Å². The van der Waals surface area contributed by atoms with Gasteiger partial charge in [-0.1, -0.05) is 18.7 Å². The molecule has 0 spiro atoms. The van der Waals surface area contributed by atoms with E-state index in [2.05, 4.69) is 10.2 Å². The molecule has 1 amide bonds. The van der Waals surface area contributed by atoms with Crippen LogP contribution < -0.4 is 10.2 Å². The maximum atomic E-state index is 13.0. The summed E-state index contributed by atoms with van der Waals surface area (Å²) in [5, 5.41) is 17.0. The Labute approximate surface area is 186 Å². The molecule has 1 aromatic carbocycles. The molecule has 0 radical (unpaired) electrons. The van der Waals surface area contributed by atoms with Crippen LogP contribution in [0.5, 0.6) is 5.75 Å². The van der Waals surface area contributed by atoms with Crippen molar-refractivity contribution >= 4 is 28.7 Å². The highest BCUT2D eigenvalue weighted by Gasteiger charge is 2.25. The van der Waals surface area contributed by atoms with Crippen molar-refractivity contribution < 1.29 is 9.53 Å². The Morgan fingerprint density at radius 1 is 1.23 bits per heavy atom. The molecule has 1 atom stereocenters. The van der Waals surface area contributed by atoms with Gasteiger partial charge in [-0.05, 0) is 58.4 Å². The number of thioether (sulfide) groups is 1. The van der Waals surface area contributed by atoms with Crippen molar-refractivity contribution in [3.8, 4) is 11.4 Å². The zero-order valence-corrected chi connectivity index (χ0v) is 19.5. The molecule has 31 heavy (non-hydrogen) atoms. The van der Waals surface area contributed by atoms with Crippen LogP contribution in [0.3, 0.4) is 0 Å². The first kappa shape index (κ1) is 22.9. The van der Waals surface area contributed by atoms with Gasteiger partial charge >= 0.3 is 0 Å². The molecule has 0 saturated heterocycles. The van der Waals surface area contributed by atoms with Gasteiger partial charge in [-0.2, -0.15) is 5.10 Å². The molecular weight excluding hydrogens is 412 g/mol. The topological polar surface area (TPSA) is 99.9 Å². The largest absolute Gasteiger partial charge is 0.494 e. The van der Waals surface area contributed by atoms with Gasteiger partial charge in [0.25, 0.3) is 0 Å². The predicted molar refractivity (Wildman–Crippen MR) is 123 cm³/mol. The van der Waals surface area contributed by atoms with Gasteiger partial charge in [0.2, 0.25) is 5.91 Å². The van der Waals surface area contributed by atoms with Crippen LogP contribution >= 0.6 is 11.8 Å². The van der Waals surface area contributed by atoms with Crippen molar-refractivity contribution in [2.45, 2.75) is 51.4 Å². The average molecular weight is 443 g/mol. The van der Waals surface area contributed by atoms with Crippen LogP contribution in [0.4, 0.5) is 0 Å². The van der Waals surface area contributed by atoms with Gasteiger partial charge < -0.3 is 9.64 Å². The minimum atomic E-state index is -0.293. The molecule has 3 rings (SSSR count). The second kappa shape index (κ2) is 10.00. The SMILES string of the molecule is CCOc1ccc(-n2c(SC(CC)C(=O)N(CC)CC)nc3n[nH]c(C)c3c2=N)cc1. The molecule has 0 aliphatic carbocycles. The van der Waals surface area contributed by atoms with Crippen molar-refractivity contribution in [1.29, 1.82) is 5.41 Å². The van der Waals surface area contributed by atoms with Gasteiger partial charge in [0, 0.05) is 24.5 Å². The quantitative estimate of drug-likeness (QED) is 0.389. The summed E-state index contributed by atoms with van der Waals surface area (Å²) in [4.78, 5) is 19.6. The third kappa shape index (κ3) is 4.61. The third-order valence-electron chi connectivity index (χ3n) is 5.16. The van der Waals surface area contributed by atoms with Crippen LogP contribution in [0.25, 0.3) is 16.7 Å². The molecule has 166 valence electrons. The molecule has 0 aliphatic rings. The van der Waals surface area contributed by atoms with Gasteiger partial charge in [0.15, 0.2) is 10.8 Å². The number of ether oxygens (including phenoxy) is 1. The molecule has 0 aliphatic heterocycles. The number of aromatic nitrogens is 4. The van der Waals surface area contributed by atoms with E-state index in [0.717, 1.165) is 17.1 Å². The minimum Gasteiger partial charge on any atom is -0.494 e. The summed E-state index contributed by atoms with van der Waals surface area (Å²) in [6.45, 7) is 11.7. The maximum Gasteiger partial charge on any atom is 0.236 e. The van der Waals surface area contributed by atoms with E-state index in [4.69, 9.17) is 15.1 Å². The van der Waals surface area contributed by atoms with Gasteiger partial charge in [-0.3, -0.25) is 19.9 Å². The fourth-order valence-electron chi connectivity index (χ4n) is 3.48.